The van der Waals surface area contributed by atoms with Crippen LogP contribution in [0.15, 0.2) is 24.3 Å². The van der Waals surface area contributed by atoms with Gasteiger partial charge in [-0.1, -0.05) is 12.1 Å². The molecule has 1 aromatic carbocycles. The molecule has 110 valence electrons. The van der Waals surface area contributed by atoms with Gasteiger partial charge in [-0.15, -0.1) is 0 Å². The highest BCUT2D eigenvalue weighted by atomic mass is 16.3. The number of aromatic nitrogens is 2. The lowest BCUT2D eigenvalue weighted by molar-refractivity contribution is 0.100. The van der Waals surface area contributed by atoms with E-state index in [2.05, 4.69) is 14.9 Å². The van der Waals surface area contributed by atoms with E-state index in [0.29, 0.717) is 12.1 Å². The van der Waals surface area contributed by atoms with Crippen molar-refractivity contribution in [2.45, 2.75) is 13.0 Å². The zero-order valence-corrected chi connectivity index (χ0v) is 11.7. The lowest BCUT2D eigenvalue weighted by Crippen LogP contribution is -2.32. The highest BCUT2D eigenvalue weighted by molar-refractivity contribution is 5.93. The number of nitrogens with two attached hydrogens (primary N) is 1. The number of aliphatic hydroxyl groups excluding tert-OH is 1. The van der Waals surface area contributed by atoms with Crippen molar-refractivity contribution in [2.75, 3.05) is 19.7 Å². The van der Waals surface area contributed by atoms with Crippen molar-refractivity contribution in [3.05, 3.63) is 41.2 Å². The summed E-state index contributed by atoms with van der Waals surface area (Å²) in [5.41, 5.74) is 8.84. The molecule has 0 radical (unpaired) electrons. The molecular formula is C15H18N4O2. The Morgan fingerprint density at radius 2 is 2.14 bits per heavy atom. The van der Waals surface area contributed by atoms with Crippen molar-refractivity contribution >= 4 is 5.91 Å². The smallest absolute Gasteiger partial charge is 0.248 e. The largest absolute Gasteiger partial charge is 0.395 e. The molecule has 2 heterocycles. The maximum atomic E-state index is 11.1. The molecule has 1 aliphatic rings. The number of β-amino-alcohol motifs (C(OH)–C–C–N with tert-alkyl or cyclic N) is 1. The summed E-state index contributed by atoms with van der Waals surface area (Å²) < 4.78 is 0. The van der Waals surface area contributed by atoms with Crippen LogP contribution in [-0.2, 0) is 13.0 Å². The lowest BCUT2D eigenvalue weighted by Gasteiger charge is -2.24. The first-order valence-corrected chi connectivity index (χ1v) is 6.98. The number of nitrogens with zero attached hydrogens (tertiary/aromatic N) is 2. The number of fused-ring (bicyclic) bond motifs is 1. The minimum atomic E-state index is -0.431. The van der Waals surface area contributed by atoms with Crippen LogP contribution in [0.3, 0.4) is 0 Å². The first-order chi connectivity index (χ1) is 10.2. The summed E-state index contributed by atoms with van der Waals surface area (Å²) in [5.74, 6) is 0.377. The summed E-state index contributed by atoms with van der Waals surface area (Å²) >= 11 is 0. The second kappa shape index (κ2) is 5.67. The average Bonchev–Trinajstić information content (AvgIpc) is 2.91. The van der Waals surface area contributed by atoms with Gasteiger partial charge in [0.1, 0.15) is 5.82 Å². The lowest BCUT2D eigenvalue weighted by atomic mass is 10.1. The van der Waals surface area contributed by atoms with Gasteiger partial charge in [0.05, 0.1) is 18.0 Å². The number of amides is 1. The van der Waals surface area contributed by atoms with Crippen molar-refractivity contribution in [3.63, 3.8) is 0 Å². The van der Waals surface area contributed by atoms with Gasteiger partial charge in [-0.3, -0.25) is 9.69 Å². The molecule has 0 atom stereocenters. The summed E-state index contributed by atoms with van der Waals surface area (Å²) in [7, 11) is 0. The van der Waals surface area contributed by atoms with E-state index in [0.717, 1.165) is 42.3 Å². The van der Waals surface area contributed by atoms with E-state index in [9.17, 15) is 4.79 Å². The fourth-order valence-electron chi connectivity index (χ4n) is 2.61. The van der Waals surface area contributed by atoms with Crippen molar-refractivity contribution in [1.82, 2.24) is 14.9 Å². The molecule has 0 spiro atoms. The number of carbonyl (C=O) groups excluding carboxylic acids is 1. The van der Waals surface area contributed by atoms with Crippen LogP contribution in [0, 0.1) is 0 Å². The highest BCUT2D eigenvalue weighted by Gasteiger charge is 2.20. The molecule has 0 fully saturated rings. The molecule has 0 bridgehead atoms. The van der Waals surface area contributed by atoms with Crippen molar-refractivity contribution < 1.29 is 9.90 Å². The summed E-state index contributed by atoms with van der Waals surface area (Å²) in [6.45, 7) is 2.55. The van der Waals surface area contributed by atoms with E-state index in [1.807, 2.05) is 12.1 Å². The Labute approximate surface area is 122 Å². The van der Waals surface area contributed by atoms with E-state index in [4.69, 9.17) is 10.8 Å². The Bertz CT molecular complexity index is 648. The van der Waals surface area contributed by atoms with Crippen LogP contribution in [0.5, 0.6) is 0 Å². The van der Waals surface area contributed by atoms with Gasteiger partial charge in [0.25, 0.3) is 0 Å². The maximum absolute atomic E-state index is 11.1. The Hall–Kier alpha value is -2.18. The predicted molar refractivity (Wildman–Crippen MR) is 78.6 cm³/mol. The standard InChI is InChI=1S/C15H18N4O2/c16-14(21)10-1-3-11(4-2-10)15-17-12-5-6-19(7-8-20)9-13(12)18-15/h1-4,20H,5-9H2,(H2,16,21)(H,17,18). The second-order valence-electron chi connectivity index (χ2n) is 5.20. The number of H-pyrrole nitrogens is 1. The second-order valence-corrected chi connectivity index (χ2v) is 5.20. The van der Waals surface area contributed by atoms with Crippen molar-refractivity contribution in [1.29, 1.82) is 0 Å². The number of benzene rings is 1. The molecule has 1 aromatic heterocycles. The minimum Gasteiger partial charge on any atom is -0.395 e. The monoisotopic (exact) mass is 286 g/mol. The summed E-state index contributed by atoms with van der Waals surface area (Å²) in [5, 5.41) is 9.02. The zero-order valence-electron chi connectivity index (χ0n) is 11.7. The number of aromatic amines is 1. The summed E-state index contributed by atoms with van der Waals surface area (Å²) in [6.07, 6.45) is 0.880. The van der Waals surface area contributed by atoms with Gasteiger partial charge in [-0.05, 0) is 12.1 Å². The van der Waals surface area contributed by atoms with E-state index in [1.165, 1.54) is 0 Å². The Morgan fingerprint density at radius 3 is 2.81 bits per heavy atom. The number of imidazole rings is 1. The van der Waals surface area contributed by atoms with Gasteiger partial charge >= 0.3 is 0 Å². The van der Waals surface area contributed by atoms with Gasteiger partial charge in [0.2, 0.25) is 5.91 Å². The van der Waals surface area contributed by atoms with Gasteiger partial charge in [-0.25, -0.2) is 4.98 Å². The van der Waals surface area contributed by atoms with Crippen LogP contribution in [0.2, 0.25) is 0 Å². The third kappa shape index (κ3) is 2.81. The number of carbonyl (C=O) groups is 1. The molecule has 2 aromatic rings. The molecule has 0 unspecified atom stereocenters. The molecule has 6 heteroatoms. The summed E-state index contributed by atoms with van der Waals surface area (Å²) in [6, 6.07) is 7.10. The SMILES string of the molecule is NC(=O)c1ccc(-c2nc3c([nH]2)CN(CCO)CC3)cc1. The molecule has 0 saturated carbocycles. The predicted octanol–water partition coefficient (Wildman–Crippen LogP) is 0.526. The number of hydrogen-bond acceptors (Lipinski definition) is 4. The number of rotatable bonds is 4. The maximum Gasteiger partial charge on any atom is 0.248 e. The third-order valence-corrected chi connectivity index (χ3v) is 3.77. The number of nitrogens with one attached hydrogen (secondary N) is 1. The van der Waals surface area contributed by atoms with Crippen molar-refractivity contribution in [2.24, 2.45) is 5.73 Å². The molecular weight excluding hydrogens is 268 g/mol. The normalized spacial score (nSPS) is 14.9. The number of primary amides is 1. The highest BCUT2D eigenvalue weighted by Crippen LogP contribution is 2.22. The molecule has 1 aliphatic heterocycles. The fourth-order valence-corrected chi connectivity index (χ4v) is 2.61. The summed E-state index contributed by atoms with van der Waals surface area (Å²) in [4.78, 5) is 21.2. The molecule has 3 rings (SSSR count). The Morgan fingerprint density at radius 1 is 1.38 bits per heavy atom. The molecule has 6 nitrogen and oxygen atoms in total. The molecule has 0 aliphatic carbocycles. The quantitative estimate of drug-likeness (QED) is 0.764. The first kappa shape index (κ1) is 13.8. The third-order valence-electron chi connectivity index (χ3n) is 3.77. The van der Waals surface area contributed by atoms with Crippen LogP contribution >= 0.6 is 0 Å². The van der Waals surface area contributed by atoms with E-state index >= 15 is 0 Å². The minimum absolute atomic E-state index is 0.172. The number of hydrogen-bond donors (Lipinski definition) is 3. The molecule has 0 saturated heterocycles. The van der Waals surface area contributed by atoms with Gasteiger partial charge < -0.3 is 15.8 Å². The van der Waals surface area contributed by atoms with Crippen LogP contribution in [0.4, 0.5) is 0 Å². The van der Waals surface area contributed by atoms with Gasteiger partial charge in [0, 0.05) is 37.2 Å². The Balaban J connectivity index is 1.83. The Kier molecular flexibility index (Phi) is 3.72. The van der Waals surface area contributed by atoms with Crippen LogP contribution in [0.1, 0.15) is 21.7 Å². The van der Waals surface area contributed by atoms with E-state index in [1.54, 1.807) is 12.1 Å². The van der Waals surface area contributed by atoms with Gasteiger partial charge in [0.15, 0.2) is 0 Å². The van der Waals surface area contributed by atoms with E-state index in [-0.39, 0.29) is 6.61 Å². The average molecular weight is 286 g/mol. The molecule has 21 heavy (non-hydrogen) atoms. The van der Waals surface area contributed by atoms with Gasteiger partial charge in [-0.2, -0.15) is 0 Å². The van der Waals surface area contributed by atoms with Crippen LogP contribution in [-0.4, -0.2) is 45.6 Å². The van der Waals surface area contributed by atoms with Crippen LogP contribution in [0.25, 0.3) is 11.4 Å². The fraction of sp³-hybridized carbons (Fsp3) is 0.333. The molecule has 4 N–H and O–H groups in total. The van der Waals surface area contributed by atoms with E-state index < -0.39 is 5.91 Å². The number of aliphatic hydroxyl groups is 1. The first-order valence-electron chi connectivity index (χ1n) is 6.98. The zero-order chi connectivity index (χ0) is 14.8. The topological polar surface area (TPSA) is 95.2 Å². The van der Waals surface area contributed by atoms with Crippen LogP contribution < -0.4 is 5.73 Å². The van der Waals surface area contributed by atoms with Crippen molar-refractivity contribution in [3.8, 4) is 11.4 Å². The molecule has 1 amide bonds.